The molecule has 0 aliphatic carbocycles. The standard InChI is InChI=1S/C19H19ClFN5O3S2/c1-25-9-15(22-10-25)18-6-5-17(30-18)14-8-16(26(2)31(28,29)24-14)19(27)23-11-3-4-13(21)12(20)7-11/h3-7,9-10,14,16,24H,8H2,1-2H3,(H,23,27)/t14-,16+/m0/s1/i2D3,8D,14D,16D/t8?,14-,16+. The molecule has 0 saturated carbocycles. The number of likely N-dealkylation sites (N-methyl/N-ethyl adjacent to an activating group) is 1. The number of benzene rings is 1. The Bertz CT molecular complexity index is 1480. The normalized spacial score (nSPS) is 31.5. The Morgan fingerprint density at radius 3 is 2.97 bits per heavy atom. The minimum absolute atomic E-state index is 0.0730. The van der Waals surface area contributed by atoms with E-state index in [4.69, 9.17) is 19.8 Å². The molecular weight excluding hydrogens is 465 g/mol. The highest BCUT2D eigenvalue weighted by Gasteiger charge is 2.41. The van der Waals surface area contributed by atoms with Crippen molar-refractivity contribution in [2.45, 2.75) is 18.4 Å². The van der Waals surface area contributed by atoms with Gasteiger partial charge in [0.2, 0.25) is 5.91 Å². The number of aromatic nitrogens is 2. The fourth-order valence-electron chi connectivity index (χ4n) is 2.75. The predicted octanol–water partition coefficient (Wildman–Crippen LogP) is 3.16. The summed E-state index contributed by atoms with van der Waals surface area (Å²) >= 11 is 6.62. The monoisotopic (exact) mass is 489 g/mol. The number of nitrogens with zero attached hydrogens (tertiary/aromatic N) is 3. The number of hydrogen-bond donors (Lipinski definition) is 2. The van der Waals surface area contributed by atoms with E-state index in [1.165, 1.54) is 18.5 Å². The summed E-state index contributed by atoms with van der Waals surface area (Å²) in [7, 11) is -3.48. The first kappa shape index (κ1) is 15.5. The largest absolute Gasteiger partial charge is 0.340 e. The molecule has 4 rings (SSSR count). The first-order chi connectivity index (χ1) is 17.0. The third kappa shape index (κ3) is 4.51. The smallest absolute Gasteiger partial charge is 0.280 e. The molecule has 1 saturated heterocycles. The van der Waals surface area contributed by atoms with Crippen LogP contribution < -0.4 is 10.0 Å². The number of anilines is 1. The van der Waals surface area contributed by atoms with Crippen LogP contribution in [0.3, 0.4) is 0 Å². The second-order valence-electron chi connectivity index (χ2n) is 6.49. The van der Waals surface area contributed by atoms with Crippen molar-refractivity contribution in [3.8, 4) is 10.6 Å². The molecule has 31 heavy (non-hydrogen) atoms. The molecule has 8 nitrogen and oxygen atoms in total. The number of hydrogen-bond acceptors (Lipinski definition) is 5. The molecule has 1 amide bonds. The van der Waals surface area contributed by atoms with Crippen LogP contribution >= 0.6 is 22.9 Å². The molecule has 3 atom stereocenters. The average Bonchev–Trinajstić information content (AvgIpc) is 3.42. The maximum Gasteiger partial charge on any atom is 0.280 e. The topological polar surface area (TPSA) is 96.3 Å². The summed E-state index contributed by atoms with van der Waals surface area (Å²) in [6.45, 7) is -3.58. The van der Waals surface area contributed by atoms with E-state index in [-0.39, 0.29) is 10.6 Å². The molecule has 0 spiro atoms. The van der Waals surface area contributed by atoms with Crippen LogP contribution in [0.4, 0.5) is 10.1 Å². The number of aryl methyl sites for hydroxylation is 1. The number of carbonyl (C=O) groups excluding carboxylic acids is 1. The molecule has 1 unspecified atom stereocenters. The Balaban J connectivity index is 1.82. The van der Waals surface area contributed by atoms with Crippen LogP contribution in [0.1, 0.15) is 25.5 Å². The van der Waals surface area contributed by atoms with E-state index in [0.29, 0.717) is 10.6 Å². The van der Waals surface area contributed by atoms with Crippen LogP contribution in [0.15, 0.2) is 42.9 Å². The number of rotatable bonds is 4. The third-order valence-electron chi connectivity index (χ3n) is 4.22. The van der Waals surface area contributed by atoms with Gasteiger partial charge in [0.1, 0.15) is 11.8 Å². The summed E-state index contributed by atoms with van der Waals surface area (Å²) in [6, 6.07) is -0.212. The summed E-state index contributed by atoms with van der Waals surface area (Å²) in [5.41, 5.74) is 0.315. The van der Waals surface area contributed by atoms with E-state index in [1.54, 1.807) is 17.8 Å². The van der Waals surface area contributed by atoms with E-state index < -0.39 is 56.7 Å². The van der Waals surface area contributed by atoms with E-state index in [2.05, 4.69) is 10.3 Å². The van der Waals surface area contributed by atoms with Gasteiger partial charge < -0.3 is 9.88 Å². The lowest BCUT2D eigenvalue weighted by Crippen LogP contribution is -2.55. The van der Waals surface area contributed by atoms with E-state index in [1.807, 2.05) is 4.72 Å². The van der Waals surface area contributed by atoms with Gasteiger partial charge in [-0.1, -0.05) is 11.6 Å². The zero-order valence-corrected chi connectivity index (χ0v) is 18.1. The molecule has 0 bridgehead atoms. The molecule has 1 fully saturated rings. The predicted molar refractivity (Wildman–Crippen MR) is 118 cm³/mol. The number of halogens is 2. The summed E-state index contributed by atoms with van der Waals surface area (Å²) in [4.78, 5) is 18.0. The molecule has 1 aromatic carbocycles. The average molecular weight is 490 g/mol. The van der Waals surface area contributed by atoms with Gasteiger partial charge >= 0.3 is 0 Å². The molecule has 12 heteroatoms. The van der Waals surface area contributed by atoms with Crippen LogP contribution in [0.5, 0.6) is 0 Å². The number of imidazole rings is 1. The number of carbonyl (C=O) groups is 1. The fraction of sp³-hybridized carbons (Fsp3) is 0.263. The lowest BCUT2D eigenvalue weighted by Gasteiger charge is -2.35. The van der Waals surface area contributed by atoms with Crippen molar-refractivity contribution in [1.82, 2.24) is 18.6 Å². The van der Waals surface area contributed by atoms with Crippen molar-refractivity contribution in [1.29, 1.82) is 0 Å². The van der Waals surface area contributed by atoms with Gasteiger partial charge in [-0.25, -0.2) is 9.37 Å². The van der Waals surface area contributed by atoms with Gasteiger partial charge in [-0.3, -0.25) is 4.79 Å². The van der Waals surface area contributed by atoms with Gasteiger partial charge in [0.25, 0.3) is 10.2 Å². The molecule has 1 aliphatic rings. The molecule has 0 radical (unpaired) electrons. The molecule has 3 aromatic rings. The fourth-order valence-corrected chi connectivity index (χ4v) is 4.86. The van der Waals surface area contributed by atoms with E-state index in [9.17, 15) is 17.6 Å². The maximum absolute atomic E-state index is 13.6. The number of nitrogens with one attached hydrogen (secondary N) is 2. The van der Waals surface area contributed by atoms with Gasteiger partial charge in [0, 0.05) is 36.3 Å². The Morgan fingerprint density at radius 2 is 2.29 bits per heavy atom. The zero-order chi connectivity index (χ0) is 27.6. The minimum atomic E-state index is -5.22. The second-order valence-corrected chi connectivity index (χ2v) is 9.50. The van der Waals surface area contributed by atoms with Crippen LogP contribution in [-0.4, -0.2) is 41.2 Å². The van der Waals surface area contributed by atoms with E-state index >= 15 is 0 Å². The summed E-state index contributed by atoms with van der Waals surface area (Å²) < 4.78 is 92.7. The van der Waals surface area contributed by atoms with Gasteiger partial charge in [-0.05, 0) is 36.7 Å². The lowest BCUT2D eigenvalue weighted by molar-refractivity contribution is -0.120. The molecule has 2 N–H and O–H groups in total. The highest BCUT2D eigenvalue weighted by molar-refractivity contribution is 7.87. The highest BCUT2D eigenvalue weighted by Crippen LogP contribution is 2.35. The summed E-state index contributed by atoms with van der Waals surface area (Å²) in [6.07, 6.45) is 0.869. The lowest BCUT2D eigenvalue weighted by atomic mass is 10.1. The first-order valence-corrected chi connectivity index (χ1v) is 11.3. The van der Waals surface area contributed by atoms with Crippen LogP contribution in [-0.2, 0) is 22.1 Å². The Morgan fingerprint density at radius 1 is 1.48 bits per heavy atom. The van der Waals surface area contributed by atoms with Crippen molar-refractivity contribution >= 4 is 44.7 Å². The van der Waals surface area contributed by atoms with Crippen molar-refractivity contribution in [3.05, 3.63) is 58.6 Å². The summed E-state index contributed by atoms with van der Waals surface area (Å²) in [5.74, 6) is -2.37. The van der Waals surface area contributed by atoms with Gasteiger partial charge in [-0.2, -0.15) is 17.4 Å². The molecule has 2 aromatic heterocycles. The Kier molecular flexibility index (Phi) is 4.16. The van der Waals surface area contributed by atoms with Crippen molar-refractivity contribution in [2.75, 3.05) is 12.3 Å². The van der Waals surface area contributed by atoms with Crippen LogP contribution in [0, 0.1) is 5.82 Å². The summed E-state index contributed by atoms with van der Waals surface area (Å²) in [5, 5.41) is 1.74. The highest BCUT2D eigenvalue weighted by atomic mass is 35.5. The Labute approximate surface area is 196 Å². The number of amides is 1. The maximum atomic E-state index is 13.6. The van der Waals surface area contributed by atoms with Crippen molar-refractivity contribution in [3.63, 3.8) is 0 Å². The van der Waals surface area contributed by atoms with Crippen molar-refractivity contribution < 1.29 is 25.8 Å². The van der Waals surface area contributed by atoms with Crippen molar-refractivity contribution in [2.24, 2.45) is 7.05 Å². The SMILES string of the molecule is [2H]C1[C@]([2H])(C(=O)Nc2ccc(F)c(Cl)c2)N(C([2H])([2H])[2H])S(=O)(=O)N[C@]1([2H])c1ccc(-c2cn(C)cn2)s1. The molecule has 3 heterocycles. The minimum Gasteiger partial charge on any atom is -0.340 e. The van der Waals surface area contributed by atoms with Gasteiger partial charge in [0.05, 0.1) is 30.7 Å². The van der Waals surface area contributed by atoms with E-state index in [0.717, 1.165) is 29.5 Å². The van der Waals surface area contributed by atoms with Gasteiger partial charge in [0.15, 0.2) is 0 Å². The van der Waals surface area contributed by atoms with Crippen LogP contribution in [0.2, 0.25) is 5.02 Å². The number of thiophene rings is 1. The quantitative estimate of drug-likeness (QED) is 0.588. The zero-order valence-electron chi connectivity index (χ0n) is 21.8. The van der Waals surface area contributed by atoms with Crippen LogP contribution in [0.25, 0.3) is 10.6 Å². The molecule has 164 valence electrons. The van der Waals surface area contributed by atoms with Gasteiger partial charge in [-0.15, -0.1) is 11.3 Å². The second kappa shape index (κ2) is 8.32. The first-order valence-electron chi connectivity index (χ1n) is 11.7. The molecular formula is C19H19ClFN5O3S2. The Hall–Kier alpha value is -2.31. The third-order valence-corrected chi connectivity index (χ3v) is 6.80. The molecule has 1 aliphatic heterocycles.